The molecule has 0 unspecified atom stereocenters. The lowest BCUT2D eigenvalue weighted by molar-refractivity contribution is -0.141. The third-order valence-electron chi connectivity index (χ3n) is 4.36. The predicted molar refractivity (Wildman–Crippen MR) is 117 cm³/mol. The summed E-state index contributed by atoms with van der Waals surface area (Å²) in [6, 6.07) is 12.2. The lowest BCUT2D eigenvalue weighted by Crippen LogP contribution is -2.46. The average Bonchev–Trinajstić information content (AvgIpc) is 3.25. The van der Waals surface area contributed by atoms with E-state index < -0.39 is 6.04 Å². The van der Waals surface area contributed by atoms with E-state index in [0.717, 1.165) is 4.88 Å². The van der Waals surface area contributed by atoms with Gasteiger partial charge in [-0.2, -0.15) is 0 Å². The van der Waals surface area contributed by atoms with Crippen molar-refractivity contribution in [3.8, 4) is 0 Å². The zero-order chi connectivity index (χ0) is 21.8. The summed E-state index contributed by atoms with van der Waals surface area (Å²) in [4.78, 5) is 40.0. The van der Waals surface area contributed by atoms with Gasteiger partial charge in [0.1, 0.15) is 6.04 Å². The molecule has 0 aliphatic carbocycles. The number of carbonyl (C=O) groups excluding carboxylic acids is 3. The van der Waals surface area contributed by atoms with E-state index in [-0.39, 0.29) is 30.8 Å². The molecule has 0 bridgehead atoms. The molecule has 0 saturated heterocycles. The van der Waals surface area contributed by atoms with Crippen molar-refractivity contribution in [3.05, 3.63) is 58.3 Å². The van der Waals surface area contributed by atoms with Gasteiger partial charge in [-0.25, -0.2) is 0 Å². The van der Waals surface area contributed by atoms with Crippen LogP contribution in [0.4, 0.5) is 0 Å². The van der Waals surface area contributed by atoms with Crippen LogP contribution < -0.4 is 10.6 Å². The largest absolute Gasteiger partial charge is 0.382 e. The number of carbonyl (C=O) groups is 3. The second-order valence-electron chi connectivity index (χ2n) is 6.67. The van der Waals surface area contributed by atoms with Crippen LogP contribution in [-0.4, -0.2) is 48.9 Å². The number of thiophene rings is 1. The molecule has 162 valence electrons. The van der Waals surface area contributed by atoms with E-state index in [0.29, 0.717) is 31.7 Å². The molecule has 1 atom stereocenters. The Morgan fingerprint density at radius 1 is 1.10 bits per heavy atom. The van der Waals surface area contributed by atoms with E-state index >= 15 is 0 Å². The zero-order valence-corrected chi connectivity index (χ0v) is 18.2. The Labute approximate surface area is 181 Å². The summed E-state index contributed by atoms with van der Waals surface area (Å²) in [6.45, 7) is 5.04. The maximum absolute atomic E-state index is 13.2. The molecule has 0 aliphatic rings. The minimum atomic E-state index is -0.804. The quantitative estimate of drug-likeness (QED) is 0.506. The summed E-state index contributed by atoms with van der Waals surface area (Å²) in [5.41, 5.74) is 0.715. The van der Waals surface area contributed by atoms with Crippen LogP contribution in [0.1, 0.15) is 36.8 Å². The maximum atomic E-state index is 13.2. The molecule has 0 aliphatic heterocycles. The normalized spacial score (nSPS) is 11.5. The minimum absolute atomic E-state index is 0.165. The number of rotatable bonds is 12. The van der Waals surface area contributed by atoms with E-state index in [4.69, 9.17) is 4.74 Å². The van der Waals surface area contributed by atoms with Crippen LogP contribution in [-0.2, 0) is 25.7 Å². The lowest BCUT2D eigenvalue weighted by atomic mass is 10.0. The zero-order valence-electron chi connectivity index (χ0n) is 17.4. The minimum Gasteiger partial charge on any atom is -0.382 e. The Balaban J connectivity index is 2.25. The fourth-order valence-electron chi connectivity index (χ4n) is 2.93. The van der Waals surface area contributed by atoms with Gasteiger partial charge in [-0.15, -0.1) is 11.3 Å². The molecule has 0 spiro atoms. The van der Waals surface area contributed by atoms with Gasteiger partial charge in [0, 0.05) is 31.6 Å². The highest BCUT2D eigenvalue weighted by Gasteiger charge is 2.31. The van der Waals surface area contributed by atoms with Crippen LogP contribution in [0.3, 0.4) is 0 Å². The predicted octanol–water partition coefficient (Wildman–Crippen LogP) is 2.50. The summed E-state index contributed by atoms with van der Waals surface area (Å²) < 4.78 is 5.32. The third-order valence-corrected chi connectivity index (χ3v) is 5.22. The molecule has 30 heavy (non-hydrogen) atoms. The van der Waals surface area contributed by atoms with Crippen LogP contribution in [0.5, 0.6) is 0 Å². The molecule has 0 radical (unpaired) electrons. The number of amides is 3. The van der Waals surface area contributed by atoms with Crippen molar-refractivity contribution in [1.29, 1.82) is 0 Å². The Bertz CT molecular complexity index is 796. The molecular weight excluding hydrogens is 402 g/mol. The van der Waals surface area contributed by atoms with Crippen molar-refractivity contribution in [2.75, 3.05) is 26.3 Å². The number of ether oxygens (including phenoxy) is 1. The van der Waals surface area contributed by atoms with Crippen molar-refractivity contribution < 1.29 is 19.1 Å². The van der Waals surface area contributed by atoms with E-state index in [1.54, 1.807) is 0 Å². The lowest BCUT2D eigenvalue weighted by Gasteiger charge is -2.31. The highest BCUT2D eigenvalue weighted by Crippen LogP contribution is 2.25. The van der Waals surface area contributed by atoms with Crippen molar-refractivity contribution in [1.82, 2.24) is 15.5 Å². The van der Waals surface area contributed by atoms with E-state index in [9.17, 15) is 14.4 Å². The maximum Gasteiger partial charge on any atom is 0.247 e. The molecule has 1 aromatic heterocycles. The van der Waals surface area contributed by atoms with Gasteiger partial charge in [-0.1, -0.05) is 36.4 Å². The van der Waals surface area contributed by atoms with Crippen LogP contribution in [0, 0.1) is 0 Å². The first-order valence-electron chi connectivity index (χ1n) is 9.99. The molecule has 7 nitrogen and oxygen atoms in total. The van der Waals surface area contributed by atoms with Gasteiger partial charge in [-0.3, -0.25) is 14.4 Å². The van der Waals surface area contributed by atoms with Crippen molar-refractivity contribution >= 4 is 29.1 Å². The molecule has 8 heteroatoms. The number of benzene rings is 1. The van der Waals surface area contributed by atoms with Gasteiger partial charge < -0.3 is 20.3 Å². The van der Waals surface area contributed by atoms with Crippen molar-refractivity contribution in [2.45, 2.75) is 32.9 Å². The van der Waals surface area contributed by atoms with E-state index in [1.165, 1.54) is 23.2 Å². The summed E-state index contributed by atoms with van der Waals surface area (Å²) in [7, 11) is 0. The number of hydrogen-bond acceptors (Lipinski definition) is 5. The first-order chi connectivity index (χ1) is 14.5. The molecule has 0 saturated carbocycles. The molecule has 0 fully saturated rings. The number of nitrogens with zero attached hydrogens (tertiary/aromatic N) is 1. The molecule has 2 rings (SSSR count). The van der Waals surface area contributed by atoms with E-state index in [1.807, 2.05) is 54.8 Å². The van der Waals surface area contributed by atoms with Gasteiger partial charge in [0.05, 0.1) is 13.1 Å². The second-order valence-corrected chi connectivity index (χ2v) is 7.70. The Morgan fingerprint density at radius 3 is 2.50 bits per heavy atom. The fraction of sp³-hybridized carbons (Fsp3) is 0.409. The Hall–Kier alpha value is -2.71. The van der Waals surface area contributed by atoms with Crippen LogP contribution >= 0.6 is 11.3 Å². The summed E-state index contributed by atoms with van der Waals surface area (Å²) in [5.74, 6) is -0.876. The Kier molecular flexibility index (Phi) is 10.0. The number of hydrogen-bond donors (Lipinski definition) is 2. The smallest absolute Gasteiger partial charge is 0.247 e. The molecule has 1 aromatic carbocycles. The van der Waals surface area contributed by atoms with Crippen molar-refractivity contribution in [2.24, 2.45) is 0 Å². The summed E-state index contributed by atoms with van der Waals surface area (Å²) >= 11 is 1.51. The van der Waals surface area contributed by atoms with Crippen LogP contribution in [0.25, 0.3) is 0 Å². The van der Waals surface area contributed by atoms with Gasteiger partial charge in [0.25, 0.3) is 0 Å². The molecule has 3 amide bonds. The number of nitrogens with one attached hydrogen (secondary N) is 2. The topological polar surface area (TPSA) is 87.7 Å². The van der Waals surface area contributed by atoms with Crippen LogP contribution in [0.2, 0.25) is 0 Å². The first-order valence-corrected chi connectivity index (χ1v) is 10.9. The monoisotopic (exact) mass is 431 g/mol. The van der Waals surface area contributed by atoms with Crippen molar-refractivity contribution in [3.63, 3.8) is 0 Å². The fourth-order valence-corrected chi connectivity index (χ4v) is 3.63. The standard InChI is InChI=1S/C22H29N3O4S/c1-3-29-13-8-12-23-22(28)21(18-9-5-4-6-10-18)25(16-19-11-7-14-30-19)20(27)15-24-17(2)26/h4-7,9-11,14,21H,3,8,12-13,15-16H2,1-2H3,(H,23,28)(H,24,26)/t21-/m0/s1. The molecule has 1 heterocycles. The third kappa shape index (κ3) is 7.61. The summed E-state index contributed by atoms with van der Waals surface area (Å²) in [6.07, 6.45) is 0.686. The van der Waals surface area contributed by atoms with Gasteiger partial charge in [0.2, 0.25) is 17.7 Å². The molecule has 2 aromatic rings. The van der Waals surface area contributed by atoms with Crippen LogP contribution in [0.15, 0.2) is 47.8 Å². The van der Waals surface area contributed by atoms with Gasteiger partial charge in [-0.05, 0) is 30.4 Å². The highest BCUT2D eigenvalue weighted by molar-refractivity contribution is 7.09. The molecule has 2 N–H and O–H groups in total. The SMILES string of the molecule is CCOCCCNC(=O)[C@H](c1ccccc1)N(Cc1cccs1)C(=O)CNC(C)=O. The second kappa shape index (κ2) is 12.8. The molecular formula is C22H29N3O4S. The van der Waals surface area contributed by atoms with Gasteiger partial charge >= 0.3 is 0 Å². The summed E-state index contributed by atoms with van der Waals surface area (Å²) in [5, 5.41) is 7.39. The highest BCUT2D eigenvalue weighted by atomic mass is 32.1. The van der Waals surface area contributed by atoms with E-state index in [2.05, 4.69) is 10.6 Å². The first kappa shape index (κ1) is 23.6. The average molecular weight is 432 g/mol. The Morgan fingerprint density at radius 2 is 1.87 bits per heavy atom. The van der Waals surface area contributed by atoms with Gasteiger partial charge in [0.15, 0.2) is 0 Å².